The van der Waals surface area contributed by atoms with Crippen LogP contribution in [0.2, 0.25) is 5.02 Å². The number of unbranched alkanes of at least 4 members (excludes halogenated alkanes) is 3. The number of benzene rings is 1. The molecule has 0 spiro atoms. The molecule has 0 aliphatic heterocycles. The third kappa shape index (κ3) is 8.86. The monoisotopic (exact) mass is 386 g/mol. The molecule has 0 N–H and O–H groups in total. The fourth-order valence-corrected chi connectivity index (χ4v) is 5.71. The summed E-state index contributed by atoms with van der Waals surface area (Å²) in [6.07, 6.45) is 5.80. The maximum absolute atomic E-state index is 6.02. The van der Waals surface area contributed by atoms with Crippen LogP contribution in [0.5, 0.6) is 0 Å². The second kappa shape index (κ2) is 9.65. The number of halogens is 4. The molecule has 0 unspecified atom stereocenters. The zero-order valence-electron chi connectivity index (χ0n) is 11.3. The Kier molecular flexibility index (Phi) is 9.04. The summed E-state index contributed by atoms with van der Waals surface area (Å²) in [6, 6.07) is 5.00. The van der Waals surface area contributed by atoms with Crippen LogP contribution in [-0.4, -0.2) is 6.00 Å². The summed E-state index contributed by atoms with van der Waals surface area (Å²) in [4.78, 5) is 2.27. The Hall–Kier alpha value is 0.687. The molecular weight excluding hydrogens is 370 g/mol. The lowest BCUT2D eigenvalue weighted by Gasteiger charge is -2.10. The number of thioether (sulfide) groups is 1. The second-order valence-electron chi connectivity index (χ2n) is 4.52. The van der Waals surface area contributed by atoms with E-state index in [4.69, 9.17) is 44.8 Å². The molecule has 0 aromatic heterocycles. The van der Waals surface area contributed by atoms with E-state index in [9.17, 15) is 0 Å². The number of hydrogen-bond acceptors (Lipinski definition) is 1. The highest BCUT2D eigenvalue weighted by atomic mass is 35.8. The maximum atomic E-state index is 6.02. The van der Waals surface area contributed by atoms with Gasteiger partial charge in [0.15, 0.2) is 0 Å². The zero-order chi connectivity index (χ0) is 15.0. The Balaban J connectivity index is 2.67. The molecule has 1 aromatic rings. The normalized spacial score (nSPS) is 12.8. The first-order valence-electron chi connectivity index (χ1n) is 6.62. The van der Waals surface area contributed by atoms with E-state index in [-0.39, 0.29) is 0 Å². The van der Waals surface area contributed by atoms with Crippen molar-refractivity contribution in [3.8, 4) is 0 Å². The Morgan fingerprint density at radius 3 is 2.30 bits per heavy atom. The Morgan fingerprint density at radius 2 is 1.75 bits per heavy atom. The summed E-state index contributed by atoms with van der Waals surface area (Å²) in [5.74, 6) is 0. The predicted octanol–water partition coefficient (Wildman–Crippen LogP) is 7.48. The molecule has 0 heterocycles. The van der Waals surface area contributed by atoms with Crippen molar-refractivity contribution in [3.63, 3.8) is 0 Å². The van der Waals surface area contributed by atoms with Crippen LogP contribution in [0.3, 0.4) is 0 Å². The lowest BCUT2D eigenvalue weighted by atomic mass is 10.1. The van der Waals surface area contributed by atoms with E-state index in [1.807, 2.05) is 30.0 Å². The summed E-state index contributed by atoms with van der Waals surface area (Å²) in [5, 5.41) is 0.735. The molecule has 0 amide bonds. The lowest BCUT2D eigenvalue weighted by molar-refractivity contribution is 0.672. The van der Waals surface area contributed by atoms with Gasteiger partial charge >= 0.3 is 6.00 Å². The molecule has 1 rings (SSSR count). The summed E-state index contributed by atoms with van der Waals surface area (Å²) in [7, 11) is 0. The highest BCUT2D eigenvalue weighted by molar-refractivity contribution is 8.03. The van der Waals surface area contributed by atoms with Crippen molar-refractivity contribution in [2.45, 2.75) is 43.9 Å². The third-order valence-electron chi connectivity index (χ3n) is 2.66. The number of hydrogen-bond donors (Lipinski definition) is 0. The molecule has 0 aliphatic carbocycles. The molecule has 112 valence electrons. The number of rotatable bonds is 8. The molecular formula is C14H18Cl4SSi. The van der Waals surface area contributed by atoms with Crippen LogP contribution in [0.15, 0.2) is 39.8 Å². The van der Waals surface area contributed by atoms with E-state index in [0.29, 0.717) is 0 Å². The minimum atomic E-state index is -2.75. The van der Waals surface area contributed by atoms with Gasteiger partial charge in [-0.25, -0.2) is 0 Å². The molecule has 0 atom stereocenters. The van der Waals surface area contributed by atoms with Crippen molar-refractivity contribution in [1.29, 1.82) is 0 Å². The van der Waals surface area contributed by atoms with Crippen LogP contribution in [0.4, 0.5) is 0 Å². The van der Waals surface area contributed by atoms with Gasteiger partial charge in [-0.3, -0.25) is 0 Å². The standard InChI is InChI=1S/C14H18Cl4SSi/c1-2-3-4-5-6-14(11-20(16,17)18)19-13-9-7-12(15)8-10-13/h7-11H,2-6H2,1H3/b14-11+. The maximum Gasteiger partial charge on any atom is 0.366 e. The summed E-state index contributed by atoms with van der Waals surface area (Å²) in [5.41, 5.74) is 1.85. The van der Waals surface area contributed by atoms with E-state index in [1.165, 1.54) is 19.3 Å². The van der Waals surface area contributed by atoms with Crippen LogP contribution in [0.25, 0.3) is 0 Å². The Morgan fingerprint density at radius 1 is 1.10 bits per heavy atom. The largest absolute Gasteiger partial charge is 0.366 e. The molecule has 1 aromatic carbocycles. The fourth-order valence-electron chi connectivity index (χ4n) is 1.72. The molecule has 6 heteroatoms. The van der Waals surface area contributed by atoms with Crippen molar-refractivity contribution in [2.75, 3.05) is 0 Å². The number of allylic oxidation sites excluding steroid dienone is 1. The highest BCUT2D eigenvalue weighted by Gasteiger charge is 2.22. The molecule has 20 heavy (non-hydrogen) atoms. The minimum absolute atomic E-state index is 0.735. The quantitative estimate of drug-likeness (QED) is 0.193. The topological polar surface area (TPSA) is 0 Å². The minimum Gasteiger partial charge on any atom is -0.121 e. The first kappa shape index (κ1) is 18.7. The fraction of sp³-hybridized carbons (Fsp3) is 0.429. The Labute approximate surface area is 145 Å². The van der Waals surface area contributed by atoms with Gasteiger partial charge in [-0.2, -0.15) is 0 Å². The summed E-state index contributed by atoms with van der Waals surface area (Å²) in [6.45, 7) is 2.20. The SMILES string of the molecule is CCCCCC/C(=C\[Si](Cl)(Cl)Cl)Sc1ccc(Cl)cc1. The molecule has 0 fully saturated rings. The van der Waals surface area contributed by atoms with Gasteiger partial charge in [-0.15, -0.1) is 33.2 Å². The molecule has 0 saturated heterocycles. The van der Waals surface area contributed by atoms with E-state index in [1.54, 1.807) is 11.8 Å². The first-order chi connectivity index (χ1) is 9.40. The van der Waals surface area contributed by atoms with E-state index >= 15 is 0 Å². The van der Waals surface area contributed by atoms with Gasteiger partial charge in [0.1, 0.15) is 0 Å². The summed E-state index contributed by atoms with van der Waals surface area (Å²) < 4.78 is 0. The smallest absolute Gasteiger partial charge is 0.121 e. The molecule has 0 radical (unpaired) electrons. The Bertz CT molecular complexity index is 426. The average Bonchev–Trinajstić information content (AvgIpc) is 2.35. The predicted molar refractivity (Wildman–Crippen MR) is 97.5 cm³/mol. The summed E-state index contributed by atoms with van der Waals surface area (Å²) >= 11 is 25.6. The van der Waals surface area contributed by atoms with Gasteiger partial charge in [0, 0.05) is 9.92 Å². The molecule has 0 nitrogen and oxygen atoms in total. The van der Waals surface area contributed by atoms with Crippen LogP contribution in [0.1, 0.15) is 39.0 Å². The van der Waals surface area contributed by atoms with Gasteiger partial charge in [-0.1, -0.05) is 49.5 Å². The molecule has 0 aliphatic rings. The average molecular weight is 388 g/mol. The van der Waals surface area contributed by atoms with Gasteiger partial charge < -0.3 is 0 Å². The lowest BCUT2D eigenvalue weighted by Crippen LogP contribution is -2.05. The van der Waals surface area contributed by atoms with Gasteiger partial charge in [0.25, 0.3) is 0 Å². The van der Waals surface area contributed by atoms with Gasteiger partial charge in [-0.05, 0) is 47.7 Å². The third-order valence-corrected chi connectivity index (χ3v) is 5.87. The van der Waals surface area contributed by atoms with Crippen LogP contribution in [-0.2, 0) is 0 Å². The second-order valence-corrected chi connectivity index (χ2v) is 14.6. The van der Waals surface area contributed by atoms with E-state index in [0.717, 1.165) is 27.7 Å². The molecule has 0 saturated carbocycles. The van der Waals surface area contributed by atoms with Gasteiger partial charge in [0.2, 0.25) is 0 Å². The molecule has 0 bridgehead atoms. The highest BCUT2D eigenvalue weighted by Crippen LogP contribution is 2.35. The first-order valence-corrected chi connectivity index (χ1v) is 12.9. The van der Waals surface area contributed by atoms with Gasteiger partial charge in [0.05, 0.1) is 0 Å². The van der Waals surface area contributed by atoms with Crippen molar-refractivity contribution >= 4 is 62.6 Å². The van der Waals surface area contributed by atoms with Crippen molar-refractivity contribution in [2.24, 2.45) is 0 Å². The van der Waals surface area contributed by atoms with Crippen LogP contribution >= 0.6 is 56.6 Å². The van der Waals surface area contributed by atoms with Crippen molar-refractivity contribution in [1.82, 2.24) is 0 Å². The van der Waals surface area contributed by atoms with E-state index in [2.05, 4.69) is 6.92 Å². The van der Waals surface area contributed by atoms with Crippen molar-refractivity contribution in [3.05, 3.63) is 39.9 Å². The van der Waals surface area contributed by atoms with Crippen LogP contribution in [0, 0.1) is 0 Å². The van der Waals surface area contributed by atoms with E-state index < -0.39 is 6.00 Å². The van der Waals surface area contributed by atoms with Crippen molar-refractivity contribution < 1.29 is 0 Å². The van der Waals surface area contributed by atoms with Crippen LogP contribution < -0.4 is 0 Å². The zero-order valence-corrected chi connectivity index (χ0v) is 16.2.